The van der Waals surface area contributed by atoms with Gasteiger partial charge in [-0.1, -0.05) is 11.6 Å². The first-order valence-electron chi connectivity index (χ1n) is 6.73. The zero-order chi connectivity index (χ0) is 14.3. The van der Waals surface area contributed by atoms with Gasteiger partial charge in [0.2, 0.25) is 5.43 Å². The molecule has 0 aliphatic heterocycles. The number of nitrogens with one attached hydrogen (secondary N) is 1. The average molecular weight is 291 g/mol. The number of aryl methyl sites for hydroxylation is 1. The topological polar surface area (TPSA) is 51.1 Å². The van der Waals surface area contributed by atoms with Gasteiger partial charge in [-0.05, 0) is 38.0 Å². The highest BCUT2D eigenvalue weighted by Gasteiger charge is 2.25. The number of hydrogen-bond donors (Lipinski definition) is 1. The summed E-state index contributed by atoms with van der Waals surface area (Å²) in [6, 6.07) is 5.41. The standard InChI is InChI=1S/C15H15ClN2O2/c1-2-18-8-12(15(20)17-10-4-5-10)14(19)11-7-9(16)3-6-13(11)18/h3,6-8,10H,2,4-5H2,1H3,(H,17,20). The largest absolute Gasteiger partial charge is 0.349 e. The summed E-state index contributed by atoms with van der Waals surface area (Å²) in [6.07, 6.45) is 3.62. The molecule has 3 rings (SSSR count). The summed E-state index contributed by atoms with van der Waals surface area (Å²) < 4.78 is 1.90. The van der Waals surface area contributed by atoms with E-state index in [9.17, 15) is 9.59 Å². The normalized spacial score (nSPS) is 14.5. The first kappa shape index (κ1) is 13.2. The van der Waals surface area contributed by atoms with Crippen molar-refractivity contribution in [3.8, 4) is 0 Å². The second-order valence-corrected chi connectivity index (χ2v) is 5.50. The lowest BCUT2D eigenvalue weighted by Crippen LogP contribution is -2.31. The van der Waals surface area contributed by atoms with Gasteiger partial charge >= 0.3 is 0 Å². The molecule has 20 heavy (non-hydrogen) atoms. The molecular weight excluding hydrogens is 276 g/mol. The molecule has 1 amide bonds. The number of benzene rings is 1. The molecule has 1 aromatic carbocycles. The zero-order valence-electron chi connectivity index (χ0n) is 11.1. The Bertz CT molecular complexity index is 747. The number of fused-ring (bicyclic) bond motifs is 1. The molecule has 0 saturated heterocycles. The molecule has 2 aromatic rings. The molecule has 5 heteroatoms. The summed E-state index contributed by atoms with van der Waals surface area (Å²) in [5, 5.41) is 3.84. The number of nitrogens with zero attached hydrogens (tertiary/aromatic N) is 1. The molecule has 0 bridgehead atoms. The molecule has 0 unspecified atom stereocenters. The van der Waals surface area contributed by atoms with Crippen molar-refractivity contribution in [2.75, 3.05) is 0 Å². The van der Waals surface area contributed by atoms with Crippen molar-refractivity contribution >= 4 is 28.4 Å². The maximum absolute atomic E-state index is 12.5. The lowest BCUT2D eigenvalue weighted by molar-refractivity contribution is 0.0949. The van der Waals surface area contributed by atoms with Gasteiger partial charge in [0.05, 0.1) is 5.52 Å². The fourth-order valence-corrected chi connectivity index (χ4v) is 2.46. The molecule has 1 saturated carbocycles. The van der Waals surface area contributed by atoms with Crippen molar-refractivity contribution in [2.24, 2.45) is 0 Å². The highest BCUT2D eigenvalue weighted by atomic mass is 35.5. The molecule has 1 aliphatic rings. The minimum Gasteiger partial charge on any atom is -0.349 e. The van der Waals surface area contributed by atoms with Crippen LogP contribution in [0.25, 0.3) is 10.9 Å². The smallest absolute Gasteiger partial charge is 0.256 e. The monoisotopic (exact) mass is 290 g/mol. The van der Waals surface area contributed by atoms with E-state index in [1.807, 2.05) is 17.6 Å². The average Bonchev–Trinajstić information content (AvgIpc) is 3.23. The van der Waals surface area contributed by atoms with E-state index < -0.39 is 0 Å². The number of carbonyl (C=O) groups is 1. The van der Waals surface area contributed by atoms with Crippen molar-refractivity contribution < 1.29 is 4.79 Å². The number of rotatable bonds is 3. The number of amides is 1. The molecule has 0 atom stereocenters. The lowest BCUT2D eigenvalue weighted by Gasteiger charge is -2.11. The number of halogens is 1. The van der Waals surface area contributed by atoms with Crippen LogP contribution in [0.15, 0.2) is 29.2 Å². The van der Waals surface area contributed by atoms with Crippen molar-refractivity contribution in [3.63, 3.8) is 0 Å². The minimum absolute atomic E-state index is 0.188. The Kier molecular flexibility index (Phi) is 3.26. The summed E-state index contributed by atoms with van der Waals surface area (Å²) >= 11 is 5.96. The van der Waals surface area contributed by atoms with Crippen LogP contribution in [-0.2, 0) is 6.54 Å². The second kappa shape index (κ2) is 4.94. The zero-order valence-corrected chi connectivity index (χ0v) is 11.9. The van der Waals surface area contributed by atoms with Crippen LogP contribution in [0.2, 0.25) is 5.02 Å². The van der Waals surface area contributed by atoms with Gasteiger partial charge < -0.3 is 9.88 Å². The van der Waals surface area contributed by atoms with Gasteiger partial charge in [-0.15, -0.1) is 0 Å². The minimum atomic E-state index is -0.290. The number of hydrogen-bond acceptors (Lipinski definition) is 2. The SMILES string of the molecule is CCn1cc(C(=O)NC2CC2)c(=O)c2cc(Cl)ccc21. The van der Waals surface area contributed by atoms with Crippen LogP contribution in [0.1, 0.15) is 30.1 Å². The van der Waals surface area contributed by atoms with E-state index in [-0.39, 0.29) is 22.9 Å². The third-order valence-electron chi connectivity index (χ3n) is 3.54. The van der Waals surface area contributed by atoms with E-state index in [2.05, 4.69) is 5.32 Å². The summed E-state index contributed by atoms with van der Waals surface area (Å²) in [4.78, 5) is 24.6. The highest BCUT2D eigenvalue weighted by Crippen LogP contribution is 2.20. The molecule has 0 spiro atoms. The first-order valence-corrected chi connectivity index (χ1v) is 7.11. The molecule has 1 heterocycles. The van der Waals surface area contributed by atoms with Crippen LogP contribution in [-0.4, -0.2) is 16.5 Å². The predicted molar refractivity (Wildman–Crippen MR) is 79.4 cm³/mol. The third kappa shape index (κ3) is 2.31. The second-order valence-electron chi connectivity index (χ2n) is 5.07. The molecular formula is C15H15ClN2O2. The van der Waals surface area contributed by atoms with Crippen LogP contribution in [0, 0.1) is 0 Å². The van der Waals surface area contributed by atoms with Crippen LogP contribution >= 0.6 is 11.6 Å². The van der Waals surface area contributed by atoms with Gasteiger partial charge in [0, 0.05) is 29.2 Å². The van der Waals surface area contributed by atoms with Crippen molar-refractivity contribution in [1.29, 1.82) is 0 Å². The summed E-state index contributed by atoms with van der Waals surface area (Å²) in [7, 11) is 0. The summed E-state index contributed by atoms with van der Waals surface area (Å²) in [5.41, 5.74) is 0.726. The Morgan fingerprint density at radius 1 is 1.45 bits per heavy atom. The maximum atomic E-state index is 12.5. The Morgan fingerprint density at radius 3 is 2.85 bits per heavy atom. The van der Waals surface area contributed by atoms with Crippen molar-refractivity contribution in [3.05, 3.63) is 45.2 Å². The van der Waals surface area contributed by atoms with E-state index in [0.717, 1.165) is 18.4 Å². The lowest BCUT2D eigenvalue weighted by atomic mass is 10.1. The Hall–Kier alpha value is -1.81. The predicted octanol–water partition coefficient (Wildman–Crippen LogP) is 2.57. The van der Waals surface area contributed by atoms with Crippen molar-refractivity contribution in [1.82, 2.24) is 9.88 Å². The van der Waals surface area contributed by atoms with E-state index in [0.29, 0.717) is 17.0 Å². The molecule has 1 aromatic heterocycles. The van der Waals surface area contributed by atoms with Gasteiger partial charge in [-0.3, -0.25) is 9.59 Å². The van der Waals surface area contributed by atoms with Gasteiger partial charge in [0.25, 0.3) is 5.91 Å². The number of pyridine rings is 1. The maximum Gasteiger partial charge on any atom is 0.256 e. The molecule has 4 nitrogen and oxygen atoms in total. The Morgan fingerprint density at radius 2 is 2.20 bits per heavy atom. The van der Waals surface area contributed by atoms with Crippen molar-refractivity contribution in [2.45, 2.75) is 32.4 Å². The van der Waals surface area contributed by atoms with E-state index in [1.165, 1.54) is 0 Å². The summed E-state index contributed by atoms with van der Waals surface area (Å²) in [5.74, 6) is -0.290. The first-order chi connectivity index (χ1) is 9.60. The Labute approximate surface area is 121 Å². The fraction of sp³-hybridized carbons (Fsp3) is 0.333. The number of aromatic nitrogens is 1. The highest BCUT2D eigenvalue weighted by molar-refractivity contribution is 6.31. The van der Waals surface area contributed by atoms with E-state index >= 15 is 0 Å². The summed E-state index contributed by atoms with van der Waals surface area (Å²) in [6.45, 7) is 2.66. The molecule has 0 radical (unpaired) electrons. The third-order valence-corrected chi connectivity index (χ3v) is 3.78. The molecule has 1 fully saturated rings. The molecule has 1 aliphatic carbocycles. The van der Waals surface area contributed by atoms with Gasteiger partial charge in [0.1, 0.15) is 5.56 Å². The molecule has 1 N–H and O–H groups in total. The quantitative estimate of drug-likeness (QED) is 0.944. The Balaban J connectivity index is 2.19. The van der Waals surface area contributed by atoms with Gasteiger partial charge in [-0.2, -0.15) is 0 Å². The van der Waals surface area contributed by atoms with Gasteiger partial charge in [0.15, 0.2) is 0 Å². The fourth-order valence-electron chi connectivity index (χ4n) is 2.28. The number of carbonyl (C=O) groups excluding carboxylic acids is 1. The van der Waals surface area contributed by atoms with Crippen LogP contribution in [0.3, 0.4) is 0 Å². The van der Waals surface area contributed by atoms with E-state index in [1.54, 1.807) is 18.3 Å². The van der Waals surface area contributed by atoms with Crippen LogP contribution < -0.4 is 10.7 Å². The van der Waals surface area contributed by atoms with E-state index in [4.69, 9.17) is 11.6 Å². The van der Waals surface area contributed by atoms with Gasteiger partial charge in [-0.25, -0.2) is 0 Å². The van der Waals surface area contributed by atoms with Crippen LogP contribution in [0.4, 0.5) is 0 Å². The molecule has 104 valence electrons. The van der Waals surface area contributed by atoms with Crippen LogP contribution in [0.5, 0.6) is 0 Å².